The van der Waals surface area contributed by atoms with Gasteiger partial charge in [-0.1, -0.05) is 84.9 Å². The van der Waals surface area contributed by atoms with E-state index in [1.54, 1.807) is 18.2 Å². The van der Waals surface area contributed by atoms with Crippen molar-refractivity contribution in [2.24, 2.45) is 0 Å². The number of rotatable bonds is 6. The molecule has 0 fully saturated rings. The average molecular weight is 379 g/mol. The maximum atomic E-state index is 13.3. The van der Waals surface area contributed by atoms with Gasteiger partial charge in [0.25, 0.3) is 5.91 Å². The third-order valence-electron chi connectivity index (χ3n) is 4.76. The summed E-state index contributed by atoms with van der Waals surface area (Å²) in [6.07, 6.45) is 1.23. The summed E-state index contributed by atoms with van der Waals surface area (Å²) >= 11 is 0. The number of hydroxylamine groups is 1. The highest BCUT2D eigenvalue weighted by Crippen LogP contribution is 2.30. The summed E-state index contributed by atoms with van der Waals surface area (Å²) in [5, 5.41) is 3.53. The molecule has 4 rings (SSSR count). The van der Waals surface area contributed by atoms with Crippen LogP contribution in [0.25, 0.3) is 10.8 Å². The molecule has 0 radical (unpaired) electrons. The van der Waals surface area contributed by atoms with E-state index in [9.17, 15) is 4.79 Å². The Bertz CT molecular complexity index is 1120. The molecule has 0 N–H and O–H groups in total. The minimum absolute atomic E-state index is 0.233. The smallest absolute Gasteiger partial charge is 0.266 e. The van der Waals surface area contributed by atoms with Crippen LogP contribution in [0.2, 0.25) is 0 Å². The zero-order valence-corrected chi connectivity index (χ0v) is 15.9. The van der Waals surface area contributed by atoms with Crippen LogP contribution in [-0.2, 0) is 4.84 Å². The van der Waals surface area contributed by atoms with Crippen molar-refractivity contribution in [2.75, 3.05) is 5.06 Å². The molecule has 0 aliphatic carbocycles. The van der Waals surface area contributed by atoms with Crippen LogP contribution in [0.5, 0.6) is 0 Å². The molecule has 4 aromatic carbocycles. The lowest BCUT2D eigenvalue weighted by Gasteiger charge is -2.27. The second-order valence-electron chi connectivity index (χ2n) is 6.63. The first-order valence-corrected chi connectivity index (χ1v) is 9.49. The maximum Gasteiger partial charge on any atom is 0.282 e. The van der Waals surface area contributed by atoms with E-state index in [0.29, 0.717) is 11.3 Å². The Kier molecular flexibility index (Phi) is 5.50. The maximum absolute atomic E-state index is 13.3. The fraction of sp³-hybridized carbons (Fsp3) is 0.0385. The van der Waals surface area contributed by atoms with Crippen molar-refractivity contribution in [1.82, 2.24) is 0 Å². The first kappa shape index (κ1) is 18.7. The Morgan fingerprint density at radius 3 is 2.14 bits per heavy atom. The number of carbonyl (C=O) groups excluding carboxylic acids is 1. The second kappa shape index (κ2) is 8.55. The second-order valence-corrected chi connectivity index (χ2v) is 6.63. The van der Waals surface area contributed by atoms with E-state index in [-0.39, 0.29) is 5.91 Å². The summed E-state index contributed by atoms with van der Waals surface area (Å²) in [6, 6.07) is 32.7. The lowest BCUT2D eigenvalue weighted by atomic mass is 10.0. The van der Waals surface area contributed by atoms with E-state index in [2.05, 4.69) is 24.8 Å². The molecule has 0 spiro atoms. The highest BCUT2D eigenvalue weighted by Gasteiger charge is 2.23. The van der Waals surface area contributed by atoms with Crippen LogP contribution in [0.3, 0.4) is 0 Å². The Morgan fingerprint density at radius 1 is 0.793 bits per heavy atom. The summed E-state index contributed by atoms with van der Waals surface area (Å²) in [5.74, 6) is -0.233. The van der Waals surface area contributed by atoms with Gasteiger partial charge in [-0.2, -0.15) is 5.06 Å². The van der Waals surface area contributed by atoms with E-state index in [4.69, 9.17) is 4.84 Å². The summed E-state index contributed by atoms with van der Waals surface area (Å²) in [6.45, 7) is 3.96. The Hall–Kier alpha value is -3.69. The van der Waals surface area contributed by atoms with Gasteiger partial charge < -0.3 is 0 Å². The first-order valence-electron chi connectivity index (χ1n) is 9.49. The summed E-state index contributed by atoms with van der Waals surface area (Å²) < 4.78 is 0. The standard InChI is InChI=1S/C26H21NO2/c1-2-25(24-19-11-15-20-12-9-10-18-23(20)24)29-27(22-16-7-4-8-17-22)26(28)21-13-5-3-6-14-21/h2-19,25H,1H2/t25-/m0/s1. The van der Waals surface area contributed by atoms with E-state index in [1.165, 1.54) is 5.06 Å². The molecular weight excluding hydrogens is 358 g/mol. The van der Waals surface area contributed by atoms with Crippen LogP contribution in [-0.4, -0.2) is 5.91 Å². The number of anilines is 1. The number of benzene rings is 4. The van der Waals surface area contributed by atoms with Crippen LogP contribution in [0.4, 0.5) is 5.69 Å². The molecule has 0 aliphatic heterocycles. The lowest BCUT2D eigenvalue weighted by molar-refractivity contribution is 0.0457. The van der Waals surface area contributed by atoms with E-state index >= 15 is 0 Å². The van der Waals surface area contributed by atoms with E-state index in [0.717, 1.165) is 16.3 Å². The van der Waals surface area contributed by atoms with Crippen molar-refractivity contribution in [2.45, 2.75) is 6.10 Å². The molecule has 0 unspecified atom stereocenters. The van der Waals surface area contributed by atoms with Crippen LogP contribution < -0.4 is 5.06 Å². The van der Waals surface area contributed by atoms with Gasteiger partial charge in [-0.05, 0) is 40.6 Å². The number of carbonyl (C=O) groups is 1. The highest BCUT2D eigenvalue weighted by atomic mass is 16.7. The molecule has 142 valence electrons. The van der Waals surface area contributed by atoms with Gasteiger partial charge in [0.1, 0.15) is 6.10 Å². The van der Waals surface area contributed by atoms with Gasteiger partial charge in [-0.25, -0.2) is 0 Å². The molecule has 0 saturated carbocycles. The SMILES string of the molecule is C=C[C@H](ON(C(=O)c1ccccc1)c1ccccc1)c1cccc2ccccc12. The van der Waals surface area contributed by atoms with Crippen LogP contribution in [0.1, 0.15) is 22.0 Å². The molecular formula is C26H21NO2. The van der Waals surface area contributed by atoms with Gasteiger partial charge in [-0.3, -0.25) is 9.63 Å². The molecule has 0 bridgehead atoms. The quantitative estimate of drug-likeness (QED) is 0.289. The fourth-order valence-corrected chi connectivity index (χ4v) is 3.33. The molecule has 3 nitrogen and oxygen atoms in total. The monoisotopic (exact) mass is 379 g/mol. The van der Waals surface area contributed by atoms with Crippen LogP contribution in [0, 0.1) is 0 Å². The number of nitrogens with zero attached hydrogens (tertiary/aromatic N) is 1. The average Bonchev–Trinajstić information content (AvgIpc) is 2.80. The molecule has 0 aromatic heterocycles. The fourth-order valence-electron chi connectivity index (χ4n) is 3.33. The first-order chi connectivity index (χ1) is 14.3. The summed E-state index contributed by atoms with van der Waals surface area (Å²) in [7, 11) is 0. The van der Waals surface area contributed by atoms with Gasteiger partial charge in [0.2, 0.25) is 0 Å². The van der Waals surface area contributed by atoms with Crippen molar-refractivity contribution in [3.05, 3.63) is 127 Å². The molecule has 1 atom stereocenters. The Balaban J connectivity index is 1.74. The minimum atomic E-state index is -0.492. The van der Waals surface area contributed by atoms with Crippen LogP contribution in [0.15, 0.2) is 116 Å². The summed E-state index contributed by atoms with van der Waals surface area (Å²) in [4.78, 5) is 19.5. The highest BCUT2D eigenvalue weighted by molar-refractivity contribution is 6.04. The normalized spacial score (nSPS) is 11.7. The number of para-hydroxylation sites is 1. The molecule has 0 saturated heterocycles. The van der Waals surface area contributed by atoms with Crippen molar-refractivity contribution < 1.29 is 9.63 Å². The van der Waals surface area contributed by atoms with Gasteiger partial charge in [-0.15, -0.1) is 6.58 Å². The predicted octanol–water partition coefficient (Wildman–Crippen LogP) is 6.35. The van der Waals surface area contributed by atoms with E-state index < -0.39 is 6.10 Å². The van der Waals surface area contributed by atoms with Gasteiger partial charge in [0, 0.05) is 5.56 Å². The Labute approximate surface area is 170 Å². The minimum Gasteiger partial charge on any atom is -0.266 e. The molecule has 0 heterocycles. The number of hydrogen-bond donors (Lipinski definition) is 0. The number of amides is 1. The van der Waals surface area contributed by atoms with Crippen LogP contribution >= 0.6 is 0 Å². The Morgan fingerprint density at radius 2 is 1.41 bits per heavy atom. The largest absolute Gasteiger partial charge is 0.282 e. The zero-order valence-electron chi connectivity index (χ0n) is 15.9. The lowest BCUT2D eigenvalue weighted by Crippen LogP contribution is -2.32. The van der Waals surface area contributed by atoms with Crippen molar-refractivity contribution in [3.63, 3.8) is 0 Å². The molecule has 29 heavy (non-hydrogen) atoms. The van der Waals surface area contributed by atoms with E-state index in [1.807, 2.05) is 72.8 Å². The van der Waals surface area contributed by atoms with Gasteiger partial charge >= 0.3 is 0 Å². The van der Waals surface area contributed by atoms with Gasteiger partial charge in [0.15, 0.2) is 0 Å². The van der Waals surface area contributed by atoms with Gasteiger partial charge in [0.05, 0.1) is 5.69 Å². The van der Waals surface area contributed by atoms with Crippen molar-refractivity contribution in [1.29, 1.82) is 0 Å². The molecule has 1 amide bonds. The molecule has 0 aliphatic rings. The number of fused-ring (bicyclic) bond motifs is 1. The van der Waals surface area contributed by atoms with Crippen molar-refractivity contribution in [3.8, 4) is 0 Å². The predicted molar refractivity (Wildman–Crippen MR) is 118 cm³/mol. The molecule has 3 heteroatoms. The van der Waals surface area contributed by atoms with Crippen molar-refractivity contribution >= 4 is 22.4 Å². The zero-order chi connectivity index (χ0) is 20.1. The third-order valence-corrected chi connectivity index (χ3v) is 4.76. The third kappa shape index (κ3) is 3.96. The number of hydrogen-bond acceptors (Lipinski definition) is 2. The molecule has 4 aromatic rings. The summed E-state index contributed by atoms with van der Waals surface area (Å²) in [5.41, 5.74) is 2.17. The topological polar surface area (TPSA) is 29.5 Å².